The van der Waals surface area contributed by atoms with Crippen LogP contribution in [0.15, 0.2) is 29.8 Å². The van der Waals surface area contributed by atoms with Crippen molar-refractivity contribution >= 4 is 11.3 Å². The molecule has 17 heavy (non-hydrogen) atoms. The van der Waals surface area contributed by atoms with Crippen molar-refractivity contribution in [3.8, 4) is 0 Å². The summed E-state index contributed by atoms with van der Waals surface area (Å²) in [6, 6.07) is 6.21. The highest BCUT2D eigenvalue weighted by molar-refractivity contribution is 7.10. The van der Waals surface area contributed by atoms with Crippen LogP contribution in [0, 0.1) is 6.92 Å². The lowest BCUT2D eigenvalue weighted by molar-refractivity contribution is 0.616. The highest BCUT2D eigenvalue weighted by Crippen LogP contribution is 2.26. The number of nitrogens with zero attached hydrogens (tertiary/aromatic N) is 1. The minimum absolute atomic E-state index is 0.0175. The monoisotopic (exact) mass is 247 g/mol. The van der Waals surface area contributed by atoms with Crippen LogP contribution in [0.3, 0.4) is 0 Å². The average Bonchev–Trinajstić information content (AvgIpc) is 2.77. The molecule has 0 saturated heterocycles. The molecule has 4 heteroatoms. The van der Waals surface area contributed by atoms with Crippen molar-refractivity contribution in [1.29, 1.82) is 0 Å². The molecule has 2 aromatic heterocycles. The molecule has 0 aliphatic carbocycles. The van der Waals surface area contributed by atoms with E-state index in [1.54, 1.807) is 11.3 Å². The zero-order valence-corrected chi connectivity index (χ0v) is 10.9. The third-order valence-electron chi connectivity index (χ3n) is 2.83. The quantitative estimate of drug-likeness (QED) is 0.645. The number of rotatable bonds is 4. The first-order valence-electron chi connectivity index (χ1n) is 5.71. The zero-order chi connectivity index (χ0) is 12.3. The Morgan fingerprint density at radius 3 is 2.94 bits per heavy atom. The van der Waals surface area contributed by atoms with Gasteiger partial charge in [0.1, 0.15) is 0 Å². The fourth-order valence-electron chi connectivity index (χ4n) is 1.96. The first kappa shape index (κ1) is 12.2. The lowest BCUT2D eigenvalue weighted by Gasteiger charge is -2.17. The van der Waals surface area contributed by atoms with Crippen molar-refractivity contribution in [3.63, 3.8) is 0 Å². The fraction of sp³-hybridized carbons (Fsp3) is 0.308. The maximum atomic E-state index is 5.68. The van der Waals surface area contributed by atoms with E-state index in [1.807, 2.05) is 12.3 Å². The molecule has 0 saturated carbocycles. The second-order valence-electron chi connectivity index (χ2n) is 3.99. The molecular weight excluding hydrogens is 230 g/mol. The summed E-state index contributed by atoms with van der Waals surface area (Å²) in [5.41, 5.74) is 6.31. The number of hydrazine groups is 1. The lowest BCUT2D eigenvalue weighted by Crippen LogP contribution is -2.30. The van der Waals surface area contributed by atoms with Gasteiger partial charge in [-0.3, -0.25) is 10.8 Å². The number of hydrogen-bond donors (Lipinski definition) is 2. The molecule has 0 amide bonds. The molecule has 0 spiro atoms. The van der Waals surface area contributed by atoms with Gasteiger partial charge in [0.15, 0.2) is 0 Å². The number of hydrogen-bond acceptors (Lipinski definition) is 4. The summed E-state index contributed by atoms with van der Waals surface area (Å²) >= 11 is 1.73. The minimum Gasteiger partial charge on any atom is -0.271 e. The first-order chi connectivity index (χ1) is 8.26. The Balaban J connectivity index is 2.41. The molecule has 3 N–H and O–H groups in total. The van der Waals surface area contributed by atoms with Gasteiger partial charge in [0.2, 0.25) is 0 Å². The van der Waals surface area contributed by atoms with E-state index in [9.17, 15) is 0 Å². The van der Waals surface area contributed by atoms with E-state index < -0.39 is 0 Å². The Kier molecular flexibility index (Phi) is 3.89. The molecular formula is C13H17N3S. The second-order valence-corrected chi connectivity index (χ2v) is 5.11. The Hall–Kier alpha value is -1.23. The van der Waals surface area contributed by atoms with Gasteiger partial charge in [-0.1, -0.05) is 13.0 Å². The average molecular weight is 247 g/mol. The van der Waals surface area contributed by atoms with Crippen LogP contribution in [0.4, 0.5) is 0 Å². The Morgan fingerprint density at radius 1 is 1.53 bits per heavy atom. The highest BCUT2D eigenvalue weighted by atomic mass is 32.1. The Bertz CT molecular complexity index is 493. The summed E-state index contributed by atoms with van der Waals surface area (Å²) in [7, 11) is 0. The molecule has 0 fully saturated rings. The fourth-order valence-corrected chi connectivity index (χ4v) is 2.69. The van der Waals surface area contributed by atoms with Gasteiger partial charge in [0, 0.05) is 11.1 Å². The van der Waals surface area contributed by atoms with Crippen LogP contribution in [0.25, 0.3) is 0 Å². The van der Waals surface area contributed by atoms with Crippen LogP contribution in [0.2, 0.25) is 0 Å². The SMILES string of the molecule is CCc1cccnc1C(NN)c1csc(C)c1. The molecule has 2 rings (SSSR count). The van der Waals surface area contributed by atoms with Crippen LogP contribution >= 0.6 is 11.3 Å². The van der Waals surface area contributed by atoms with E-state index >= 15 is 0 Å². The maximum Gasteiger partial charge on any atom is 0.0892 e. The number of thiophene rings is 1. The van der Waals surface area contributed by atoms with Gasteiger partial charge >= 0.3 is 0 Å². The van der Waals surface area contributed by atoms with E-state index in [2.05, 4.69) is 41.8 Å². The third-order valence-corrected chi connectivity index (χ3v) is 3.71. The number of aromatic nitrogens is 1. The molecule has 90 valence electrons. The smallest absolute Gasteiger partial charge is 0.0892 e. The predicted molar refractivity (Wildman–Crippen MR) is 71.8 cm³/mol. The van der Waals surface area contributed by atoms with Gasteiger partial charge in [0.05, 0.1) is 11.7 Å². The summed E-state index contributed by atoms with van der Waals surface area (Å²) in [6.07, 6.45) is 2.78. The summed E-state index contributed by atoms with van der Waals surface area (Å²) in [5, 5.41) is 2.13. The van der Waals surface area contributed by atoms with Crippen molar-refractivity contribution < 1.29 is 0 Å². The third kappa shape index (κ3) is 2.54. The standard InChI is InChI=1S/C13H17N3S/c1-3-10-5-4-6-15-12(10)13(16-14)11-7-9(2)17-8-11/h4-8,13,16H,3,14H2,1-2H3. The van der Waals surface area contributed by atoms with Crippen molar-refractivity contribution in [2.45, 2.75) is 26.3 Å². The number of aryl methyl sites for hydroxylation is 2. The molecule has 2 aromatic rings. The topological polar surface area (TPSA) is 50.9 Å². The van der Waals surface area contributed by atoms with Crippen molar-refractivity contribution in [3.05, 3.63) is 51.5 Å². The normalized spacial score (nSPS) is 12.6. The Morgan fingerprint density at radius 2 is 2.35 bits per heavy atom. The minimum atomic E-state index is -0.0175. The largest absolute Gasteiger partial charge is 0.271 e. The summed E-state index contributed by atoms with van der Waals surface area (Å²) in [6.45, 7) is 4.23. The van der Waals surface area contributed by atoms with E-state index in [0.717, 1.165) is 12.1 Å². The molecule has 2 heterocycles. The van der Waals surface area contributed by atoms with E-state index in [0.29, 0.717) is 0 Å². The van der Waals surface area contributed by atoms with Gasteiger partial charge in [0.25, 0.3) is 0 Å². The second kappa shape index (κ2) is 5.40. The first-order valence-corrected chi connectivity index (χ1v) is 6.59. The molecule has 0 aliphatic heterocycles. The molecule has 0 aromatic carbocycles. The predicted octanol–water partition coefficient (Wildman–Crippen LogP) is 2.57. The van der Waals surface area contributed by atoms with E-state index in [4.69, 9.17) is 5.84 Å². The van der Waals surface area contributed by atoms with Crippen LogP contribution in [0.1, 0.15) is 34.7 Å². The molecule has 0 aliphatic rings. The van der Waals surface area contributed by atoms with Crippen molar-refractivity contribution in [2.75, 3.05) is 0 Å². The van der Waals surface area contributed by atoms with Crippen molar-refractivity contribution in [1.82, 2.24) is 10.4 Å². The van der Waals surface area contributed by atoms with Crippen LogP contribution in [-0.4, -0.2) is 4.98 Å². The van der Waals surface area contributed by atoms with Gasteiger partial charge < -0.3 is 0 Å². The molecule has 0 bridgehead atoms. The highest BCUT2D eigenvalue weighted by Gasteiger charge is 2.17. The van der Waals surface area contributed by atoms with Crippen LogP contribution < -0.4 is 11.3 Å². The summed E-state index contributed by atoms with van der Waals surface area (Å²) < 4.78 is 0. The summed E-state index contributed by atoms with van der Waals surface area (Å²) in [5.74, 6) is 5.68. The van der Waals surface area contributed by atoms with E-state index in [1.165, 1.54) is 16.0 Å². The van der Waals surface area contributed by atoms with Crippen molar-refractivity contribution in [2.24, 2.45) is 5.84 Å². The Labute approximate surface area is 106 Å². The van der Waals surface area contributed by atoms with Crippen LogP contribution in [-0.2, 0) is 6.42 Å². The zero-order valence-electron chi connectivity index (χ0n) is 10.1. The van der Waals surface area contributed by atoms with Gasteiger partial charge in [-0.25, -0.2) is 5.43 Å². The molecule has 0 radical (unpaired) electrons. The molecule has 1 atom stereocenters. The van der Waals surface area contributed by atoms with Gasteiger partial charge in [-0.2, -0.15) is 0 Å². The maximum absolute atomic E-state index is 5.68. The van der Waals surface area contributed by atoms with Gasteiger partial charge in [-0.05, 0) is 42.0 Å². The molecule has 1 unspecified atom stereocenters. The van der Waals surface area contributed by atoms with Crippen LogP contribution in [0.5, 0.6) is 0 Å². The summed E-state index contributed by atoms with van der Waals surface area (Å²) in [4.78, 5) is 5.75. The lowest BCUT2D eigenvalue weighted by atomic mass is 10.0. The molecule has 3 nitrogen and oxygen atoms in total. The van der Waals surface area contributed by atoms with Gasteiger partial charge in [-0.15, -0.1) is 11.3 Å². The number of nitrogens with one attached hydrogen (secondary N) is 1. The number of nitrogens with two attached hydrogens (primary N) is 1. The number of pyridine rings is 1. The van der Waals surface area contributed by atoms with E-state index in [-0.39, 0.29) is 6.04 Å².